The second-order valence-corrected chi connectivity index (χ2v) is 5.48. The molecule has 0 spiro atoms. The summed E-state index contributed by atoms with van der Waals surface area (Å²) < 4.78 is 7.16. The van der Waals surface area contributed by atoms with Crippen LogP contribution >= 0.6 is 0 Å². The second-order valence-electron chi connectivity index (χ2n) is 5.48. The summed E-state index contributed by atoms with van der Waals surface area (Å²) >= 11 is 0. The van der Waals surface area contributed by atoms with Crippen LogP contribution in [0.15, 0.2) is 0 Å². The second kappa shape index (κ2) is 4.23. The Labute approximate surface area is 112 Å². The Hall–Kier alpha value is -1.56. The van der Waals surface area contributed by atoms with Crippen LogP contribution in [0.5, 0.6) is 5.88 Å². The van der Waals surface area contributed by atoms with Gasteiger partial charge >= 0.3 is 0 Å². The number of carbonyl (C=O) groups is 1. The van der Waals surface area contributed by atoms with Crippen LogP contribution in [0.4, 0.5) is 0 Å². The highest BCUT2D eigenvalue weighted by molar-refractivity contribution is 5.81. The number of nitrogens with zero attached hydrogens (tertiary/aromatic N) is 3. The van der Waals surface area contributed by atoms with Crippen LogP contribution < -0.4 is 10.5 Å². The van der Waals surface area contributed by atoms with E-state index in [1.807, 2.05) is 18.9 Å². The fourth-order valence-electron chi connectivity index (χ4n) is 3.15. The molecule has 2 unspecified atom stereocenters. The lowest BCUT2D eigenvalue weighted by molar-refractivity contribution is -0.129. The van der Waals surface area contributed by atoms with E-state index in [0.717, 1.165) is 24.1 Å². The van der Waals surface area contributed by atoms with Gasteiger partial charge in [-0.05, 0) is 19.8 Å². The van der Waals surface area contributed by atoms with Crippen molar-refractivity contribution in [3.63, 3.8) is 0 Å². The van der Waals surface area contributed by atoms with Crippen LogP contribution in [0.2, 0.25) is 0 Å². The van der Waals surface area contributed by atoms with Gasteiger partial charge in [0, 0.05) is 25.6 Å². The van der Waals surface area contributed by atoms with E-state index in [1.165, 1.54) is 0 Å². The molecular weight excluding hydrogens is 244 g/mol. The average molecular weight is 264 g/mol. The van der Waals surface area contributed by atoms with E-state index in [-0.39, 0.29) is 18.0 Å². The maximum atomic E-state index is 12.1. The van der Waals surface area contributed by atoms with Crippen LogP contribution in [0, 0.1) is 6.92 Å². The standard InChI is InChI=1S/C13H20N4O2/c1-7-11(13(19-3)16(2)15-7)12-9(14)6-10(18)17(12)8-4-5-8/h8-9,12H,4-6,14H2,1-3H3. The van der Waals surface area contributed by atoms with Gasteiger partial charge in [0.25, 0.3) is 0 Å². The van der Waals surface area contributed by atoms with Crippen molar-refractivity contribution in [3.05, 3.63) is 11.3 Å². The molecule has 2 aliphatic rings. The largest absolute Gasteiger partial charge is 0.481 e. The number of carbonyl (C=O) groups excluding carboxylic acids is 1. The van der Waals surface area contributed by atoms with Crippen molar-refractivity contribution < 1.29 is 9.53 Å². The van der Waals surface area contributed by atoms with E-state index < -0.39 is 0 Å². The van der Waals surface area contributed by atoms with Crippen molar-refractivity contribution in [2.45, 2.75) is 44.3 Å². The Bertz CT molecular complexity index is 521. The molecule has 1 saturated heterocycles. The summed E-state index contributed by atoms with van der Waals surface area (Å²) in [6.45, 7) is 1.94. The van der Waals surface area contributed by atoms with Gasteiger partial charge in [-0.2, -0.15) is 5.10 Å². The Balaban J connectivity index is 2.06. The third-order valence-corrected chi connectivity index (χ3v) is 4.05. The van der Waals surface area contributed by atoms with Crippen molar-refractivity contribution in [1.82, 2.24) is 14.7 Å². The van der Waals surface area contributed by atoms with E-state index in [2.05, 4.69) is 5.10 Å². The molecule has 19 heavy (non-hydrogen) atoms. The molecule has 3 rings (SSSR count). The van der Waals surface area contributed by atoms with E-state index in [1.54, 1.807) is 11.8 Å². The first-order valence-corrected chi connectivity index (χ1v) is 6.68. The number of aromatic nitrogens is 2. The van der Waals surface area contributed by atoms with E-state index in [4.69, 9.17) is 10.5 Å². The number of hydrogen-bond donors (Lipinski definition) is 1. The summed E-state index contributed by atoms with van der Waals surface area (Å²) in [6, 6.07) is 0.0870. The fraction of sp³-hybridized carbons (Fsp3) is 0.692. The topological polar surface area (TPSA) is 73.4 Å². The predicted molar refractivity (Wildman–Crippen MR) is 69.7 cm³/mol. The van der Waals surface area contributed by atoms with Gasteiger partial charge in [0.05, 0.1) is 24.4 Å². The minimum atomic E-state index is -0.176. The molecule has 0 aromatic carbocycles. The summed E-state index contributed by atoms with van der Waals surface area (Å²) in [4.78, 5) is 14.1. The number of methoxy groups -OCH3 is 1. The van der Waals surface area contributed by atoms with Crippen molar-refractivity contribution in [2.24, 2.45) is 12.8 Å². The zero-order valence-electron chi connectivity index (χ0n) is 11.6. The third kappa shape index (κ3) is 1.82. The van der Waals surface area contributed by atoms with E-state index in [9.17, 15) is 4.79 Å². The van der Waals surface area contributed by atoms with Crippen LogP contribution in [-0.4, -0.2) is 39.8 Å². The zero-order valence-corrected chi connectivity index (χ0v) is 11.6. The molecule has 2 atom stereocenters. The molecule has 2 N–H and O–H groups in total. The molecule has 1 saturated carbocycles. The number of amides is 1. The third-order valence-electron chi connectivity index (χ3n) is 4.05. The number of hydrogen-bond acceptors (Lipinski definition) is 4. The van der Waals surface area contributed by atoms with Gasteiger partial charge in [0.1, 0.15) is 0 Å². The molecule has 6 nitrogen and oxygen atoms in total. The fourth-order valence-corrected chi connectivity index (χ4v) is 3.15. The molecule has 1 aromatic rings. The first kappa shape index (κ1) is 12.5. The highest BCUT2D eigenvalue weighted by Crippen LogP contribution is 2.44. The van der Waals surface area contributed by atoms with E-state index in [0.29, 0.717) is 18.3 Å². The number of aryl methyl sites for hydroxylation is 2. The summed E-state index contributed by atoms with van der Waals surface area (Å²) in [5.41, 5.74) is 8.06. The Morgan fingerprint density at radius 3 is 2.68 bits per heavy atom. The molecule has 2 fully saturated rings. The smallest absolute Gasteiger partial charge is 0.225 e. The van der Waals surface area contributed by atoms with Crippen molar-refractivity contribution in [3.8, 4) is 5.88 Å². The summed E-state index contributed by atoms with van der Waals surface area (Å²) in [5, 5.41) is 4.40. The highest BCUT2D eigenvalue weighted by Gasteiger charge is 2.48. The Morgan fingerprint density at radius 2 is 2.11 bits per heavy atom. The monoisotopic (exact) mass is 264 g/mol. The summed E-state index contributed by atoms with van der Waals surface area (Å²) in [7, 11) is 3.48. The predicted octanol–water partition coefficient (Wildman–Crippen LogP) is 0.500. The maximum Gasteiger partial charge on any atom is 0.225 e. The number of rotatable bonds is 3. The maximum absolute atomic E-state index is 12.1. The molecule has 1 aromatic heterocycles. The lowest BCUT2D eigenvalue weighted by Gasteiger charge is -2.27. The lowest BCUT2D eigenvalue weighted by Crippen LogP contribution is -2.35. The van der Waals surface area contributed by atoms with Crippen LogP contribution in [0.1, 0.15) is 36.6 Å². The molecule has 1 aliphatic carbocycles. The lowest BCUT2D eigenvalue weighted by atomic mass is 10.0. The Morgan fingerprint density at radius 1 is 1.42 bits per heavy atom. The molecule has 1 amide bonds. The highest BCUT2D eigenvalue weighted by atomic mass is 16.5. The van der Waals surface area contributed by atoms with Gasteiger partial charge in [-0.3, -0.25) is 4.79 Å². The minimum Gasteiger partial charge on any atom is -0.481 e. The number of likely N-dealkylation sites (tertiary alicyclic amines) is 1. The number of nitrogens with two attached hydrogens (primary N) is 1. The van der Waals surface area contributed by atoms with Crippen LogP contribution in [0.25, 0.3) is 0 Å². The van der Waals surface area contributed by atoms with E-state index >= 15 is 0 Å². The van der Waals surface area contributed by atoms with Gasteiger partial charge in [0.2, 0.25) is 11.8 Å². The SMILES string of the molecule is COc1c(C2C(N)CC(=O)N2C2CC2)c(C)nn1C. The molecule has 2 heterocycles. The number of ether oxygens (including phenoxy) is 1. The zero-order chi connectivity index (χ0) is 13.7. The summed E-state index contributed by atoms with van der Waals surface area (Å²) in [5.74, 6) is 0.864. The molecule has 0 bridgehead atoms. The normalized spacial score (nSPS) is 27.2. The molecule has 104 valence electrons. The first-order chi connectivity index (χ1) is 9.04. The van der Waals surface area contributed by atoms with Gasteiger partial charge in [-0.1, -0.05) is 0 Å². The molecule has 1 aliphatic heterocycles. The molecule has 0 radical (unpaired) electrons. The van der Waals surface area contributed by atoms with Crippen LogP contribution in [0.3, 0.4) is 0 Å². The summed E-state index contributed by atoms with van der Waals surface area (Å²) in [6.07, 6.45) is 2.58. The Kier molecular flexibility index (Phi) is 2.78. The molecule has 6 heteroatoms. The van der Waals surface area contributed by atoms with Gasteiger partial charge in [-0.15, -0.1) is 0 Å². The quantitative estimate of drug-likeness (QED) is 0.863. The van der Waals surface area contributed by atoms with Gasteiger partial charge < -0.3 is 15.4 Å². The van der Waals surface area contributed by atoms with Crippen molar-refractivity contribution in [2.75, 3.05) is 7.11 Å². The van der Waals surface area contributed by atoms with Gasteiger partial charge in [-0.25, -0.2) is 4.68 Å². The minimum absolute atomic E-state index is 0.0938. The first-order valence-electron chi connectivity index (χ1n) is 6.68. The van der Waals surface area contributed by atoms with Crippen LogP contribution in [-0.2, 0) is 11.8 Å². The molecular formula is C13H20N4O2. The van der Waals surface area contributed by atoms with Gasteiger partial charge in [0.15, 0.2) is 0 Å². The van der Waals surface area contributed by atoms with Crippen molar-refractivity contribution in [1.29, 1.82) is 0 Å². The van der Waals surface area contributed by atoms with Crippen molar-refractivity contribution >= 4 is 5.91 Å². The average Bonchev–Trinajstić information content (AvgIpc) is 3.07.